The third-order valence-corrected chi connectivity index (χ3v) is 14.9. The number of esters is 3. The first-order valence-electron chi connectivity index (χ1n) is 33.6. The molecule has 0 spiro atoms. The molecule has 0 radical (unpaired) electrons. The lowest BCUT2D eigenvalue weighted by atomic mass is 9.98. The van der Waals surface area contributed by atoms with Crippen LogP contribution >= 0.6 is 0 Å². The standard InChI is InChI=1S/C71H120O12/c1-4-7-10-13-16-19-22-25-28-31-32-35-38-41-44-47-50-53-56-59-65(74)82-69-67(76)66(75)68(70(77)78)83-71(69)80-61-62(81-64(73)58-55-52-49-46-43-40-37-34-30-27-24-21-18-15-12-9-6-3)60-79-63(72)57-54-51-48-45-42-39-36-33-29-26-23-20-17-14-11-8-5-2/h16-21,25-30,32,35,62,66-69,71,75-76H,4-15,22-24,31,33-34,36-61H2,1-3H3,(H,77,78)/b19-16-,20-17-,21-18-,28-25-,29-26-,30-27-,35-32-. The van der Waals surface area contributed by atoms with Crippen molar-refractivity contribution in [3.05, 3.63) is 85.1 Å². The summed E-state index contributed by atoms with van der Waals surface area (Å²) >= 11 is 0. The van der Waals surface area contributed by atoms with E-state index in [1.54, 1.807) is 0 Å². The van der Waals surface area contributed by atoms with Crippen molar-refractivity contribution in [3.63, 3.8) is 0 Å². The van der Waals surface area contributed by atoms with E-state index in [2.05, 4.69) is 106 Å². The van der Waals surface area contributed by atoms with Crippen LogP contribution < -0.4 is 0 Å². The van der Waals surface area contributed by atoms with E-state index < -0.39 is 67.3 Å². The second kappa shape index (κ2) is 58.3. The lowest BCUT2D eigenvalue weighted by Crippen LogP contribution is -2.61. The Kier molecular flexibility index (Phi) is 54.0. The van der Waals surface area contributed by atoms with Crippen LogP contribution in [0.15, 0.2) is 85.1 Å². The first kappa shape index (κ1) is 76.9. The number of carbonyl (C=O) groups excluding carboxylic acids is 3. The quantitative estimate of drug-likeness (QED) is 0.0228. The molecule has 0 aromatic carbocycles. The minimum atomic E-state index is -1.91. The van der Waals surface area contributed by atoms with Crippen molar-refractivity contribution in [3.8, 4) is 0 Å². The lowest BCUT2D eigenvalue weighted by Gasteiger charge is -2.40. The molecule has 1 rings (SSSR count). The van der Waals surface area contributed by atoms with Gasteiger partial charge in [-0.25, -0.2) is 4.79 Å². The van der Waals surface area contributed by atoms with Crippen LogP contribution in [0.25, 0.3) is 0 Å². The van der Waals surface area contributed by atoms with Gasteiger partial charge >= 0.3 is 23.9 Å². The van der Waals surface area contributed by atoms with E-state index in [0.29, 0.717) is 19.3 Å². The zero-order valence-electron chi connectivity index (χ0n) is 52.7. The molecule has 0 aromatic rings. The second-order valence-electron chi connectivity index (χ2n) is 22.7. The molecule has 476 valence electrons. The Morgan fingerprint density at radius 1 is 0.398 bits per heavy atom. The number of carboxylic acids is 1. The van der Waals surface area contributed by atoms with Gasteiger partial charge in [-0.1, -0.05) is 234 Å². The third kappa shape index (κ3) is 47.8. The van der Waals surface area contributed by atoms with E-state index in [0.717, 1.165) is 135 Å². The number of aliphatic hydroxyl groups excluding tert-OH is 2. The summed E-state index contributed by atoms with van der Waals surface area (Å²) in [5.41, 5.74) is 0. The van der Waals surface area contributed by atoms with E-state index in [1.807, 2.05) is 0 Å². The second-order valence-corrected chi connectivity index (χ2v) is 22.7. The number of hydrogen-bond acceptors (Lipinski definition) is 11. The lowest BCUT2D eigenvalue weighted by molar-refractivity contribution is -0.301. The molecule has 6 unspecified atom stereocenters. The Hall–Kier alpha value is -4.10. The number of rotatable bonds is 57. The molecule has 1 aliphatic rings. The third-order valence-electron chi connectivity index (χ3n) is 14.9. The molecular formula is C71H120O12. The van der Waals surface area contributed by atoms with Gasteiger partial charge in [-0.15, -0.1) is 0 Å². The Bertz CT molecular complexity index is 1760. The SMILES string of the molecule is CCCCC/C=C\C/C=C\C/C=C\CCCCCCCCC(=O)OC1C(OCC(COC(=O)CCCCCCCCC/C=C\C/C=C\CCCCC)OC(=O)CCCCCCCCC/C=C\C/C=C\CCCCC)OC(C(=O)O)C(O)C1O. The first-order valence-corrected chi connectivity index (χ1v) is 33.6. The number of unbranched alkanes of at least 4 members (excludes halogenated alkanes) is 29. The number of hydrogen-bond donors (Lipinski definition) is 3. The molecular weight excluding hydrogens is 1040 g/mol. The molecule has 0 saturated carbocycles. The van der Waals surface area contributed by atoms with Crippen LogP contribution in [0.1, 0.15) is 290 Å². The molecule has 0 aliphatic carbocycles. The van der Waals surface area contributed by atoms with Crippen LogP contribution in [0.5, 0.6) is 0 Å². The fourth-order valence-corrected chi connectivity index (χ4v) is 9.73. The van der Waals surface area contributed by atoms with E-state index in [1.165, 1.54) is 96.3 Å². The first-order chi connectivity index (χ1) is 40.6. The molecule has 12 heteroatoms. The molecule has 1 aliphatic heterocycles. The highest BCUT2D eigenvalue weighted by Crippen LogP contribution is 2.27. The highest BCUT2D eigenvalue weighted by atomic mass is 16.7. The predicted octanol–water partition coefficient (Wildman–Crippen LogP) is 18.2. The monoisotopic (exact) mass is 1160 g/mol. The molecule has 0 amide bonds. The van der Waals surface area contributed by atoms with Crippen LogP contribution in [-0.2, 0) is 42.9 Å². The van der Waals surface area contributed by atoms with Gasteiger partial charge < -0.3 is 39.0 Å². The molecule has 83 heavy (non-hydrogen) atoms. The van der Waals surface area contributed by atoms with Gasteiger partial charge in [0.05, 0.1) is 6.61 Å². The summed E-state index contributed by atoms with van der Waals surface area (Å²) in [5.74, 6) is -3.15. The zero-order chi connectivity index (χ0) is 60.3. The number of carboxylic acid groups (broad SMARTS) is 1. The molecule has 1 heterocycles. The summed E-state index contributed by atoms with van der Waals surface area (Å²) in [5, 5.41) is 31.6. The summed E-state index contributed by atoms with van der Waals surface area (Å²) in [7, 11) is 0. The minimum absolute atomic E-state index is 0.0419. The van der Waals surface area contributed by atoms with Crippen molar-refractivity contribution in [2.75, 3.05) is 13.2 Å². The number of carbonyl (C=O) groups is 4. The average molecular weight is 1170 g/mol. The van der Waals surface area contributed by atoms with Crippen molar-refractivity contribution in [1.82, 2.24) is 0 Å². The summed E-state index contributed by atoms with van der Waals surface area (Å²) in [4.78, 5) is 51.4. The molecule has 0 aromatic heterocycles. The number of allylic oxidation sites excluding steroid dienone is 14. The average Bonchev–Trinajstić information content (AvgIpc) is 3.55. The fourth-order valence-electron chi connectivity index (χ4n) is 9.73. The minimum Gasteiger partial charge on any atom is -0.479 e. The topological polar surface area (TPSA) is 175 Å². The van der Waals surface area contributed by atoms with Crippen LogP contribution in [0.3, 0.4) is 0 Å². The van der Waals surface area contributed by atoms with Crippen molar-refractivity contribution in [2.24, 2.45) is 0 Å². The van der Waals surface area contributed by atoms with Crippen molar-refractivity contribution in [2.45, 2.75) is 327 Å². The maximum absolute atomic E-state index is 13.2. The smallest absolute Gasteiger partial charge is 0.335 e. The Labute approximate surface area is 505 Å². The van der Waals surface area contributed by atoms with Crippen molar-refractivity contribution < 1.29 is 58.2 Å². The largest absolute Gasteiger partial charge is 0.479 e. The predicted molar refractivity (Wildman–Crippen MR) is 340 cm³/mol. The van der Waals surface area contributed by atoms with Crippen molar-refractivity contribution in [1.29, 1.82) is 0 Å². The fraction of sp³-hybridized carbons (Fsp3) is 0.746. The van der Waals surface area contributed by atoms with Crippen LogP contribution in [-0.4, -0.2) is 89.2 Å². The van der Waals surface area contributed by atoms with Crippen molar-refractivity contribution >= 4 is 23.9 Å². The number of ether oxygens (including phenoxy) is 5. The van der Waals surface area contributed by atoms with Crippen LogP contribution in [0.2, 0.25) is 0 Å². The van der Waals surface area contributed by atoms with Gasteiger partial charge in [-0.05, 0) is 122 Å². The molecule has 1 fully saturated rings. The van der Waals surface area contributed by atoms with Gasteiger partial charge in [0.15, 0.2) is 24.6 Å². The maximum Gasteiger partial charge on any atom is 0.335 e. The molecule has 12 nitrogen and oxygen atoms in total. The summed E-state index contributed by atoms with van der Waals surface area (Å²) in [6.45, 7) is 5.93. The van der Waals surface area contributed by atoms with Gasteiger partial charge in [0.2, 0.25) is 0 Å². The van der Waals surface area contributed by atoms with Gasteiger partial charge in [-0.3, -0.25) is 14.4 Å². The Morgan fingerprint density at radius 2 is 0.723 bits per heavy atom. The molecule has 6 atom stereocenters. The normalized spacial score (nSPS) is 18.1. The van der Waals surface area contributed by atoms with Gasteiger partial charge in [0, 0.05) is 19.3 Å². The van der Waals surface area contributed by atoms with E-state index >= 15 is 0 Å². The molecule has 3 N–H and O–H groups in total. The van der Waals surface area contributed by atoms with E-state index in [-0.39, 0.29) is 25.9 Å². The van der Waals surface area contributed by atoms with Gasteiger partial charge in [-0.2, -0.15) is 0 Å². The maximum atomic E-state index is 13.2. The summed E-state index contributed by atoms with van der Waals surface area (Å²) < 4.78 is 28.6. The van der Waals surface area contributed by atoms with E-state index in [9.17, 15) is 34.5 Å². The Balaban J connectivity index is 2.67. The van der Waals surface area contributed by atoms with Gasteiger partial charge in [0.1, 0.15) is 18.8 Å². The summed E-state index contributed by atoms with van der Waals surface area (Å²) in [6, 6.07) is 0. The van der Waals surface area contributed by atoms with Crippen LogP contribution in [0, 0.1) is 0 Å². The van der Waals surface area contributed by atoms with Gasteiger partial charge in [0.25, 0.3) is 0 Å². The van der Waals surface area contributed by atoms with E-state index in [4.69, 9.17) is 23.7 Å². The zero-order valence-corrected chi connectivity index (χ0v) is 52.7. The highest BCUT2D eigenvalue weighted by molar-refractivity contribution is 5.74. The number of aliphatic carboxylic acids is 1. The molecule has 0 bridgehead atoms. The highest BCUT2D eigenvalue weighted by Gasteiger charge is 2.50. The molecule has 1 saturated heterocycles. The number of aliphatic hydroxyl groups is 2. The Morgan fingerprint density at radius 3 is 1.10 bits per heavy atom. The summed E-state index contributed by atoms with van der Waals surface area (Å²) in [6.07, 6.45) is 63.8. The van der Waals surface area contributed by atoms with Crippen LogP contribution in [0.4, 0.5) is 0 Å².